The Morgan fingerprint density at radius 1 is 0.923 bits per heavy atom. The molecule has 0 saturated carbocycles. The molecule has 1 saturated heterocycles. The standard InChI is InChI=1S/C12H25N/c1-8(2)11-6-10(5)7-12(13-11)9(3)4/h8-13H,6-7H2,1-5H3. The van der Waals surface area contributed by atoms with Crippen LogP contribution >= 0.6 is 0 Å². The van der Waals surface area contributed by atoms with Crippen molar-refractivity contribution in [2.24, 2.45) is 17.8 Å². The van der Waals surface area contributed by atoms with Crippen LogP contribution in [0, 0.1) is 17.8 Å². The molecule has 0 radical (unpaired) electrons. The van der Waals surface area contributed by atoms with E-state index in [1.165, 1.54) is 12.8 Å². The van der Waals surface area contributed by atoms with E-state index in [0.717, 1.165) is 29.8 Å². The van der Waals surface area contributed by atoms with Crippen LogP contribution in [0.15, 0.2) is 0 Å². The molecule has 2 atom stereocenters. The number of hydrogen-bond donors (Lipinski definition) is 1. The zero-order valence-electron chi connectivity index (χ0n) is 9.80. The van der Waals surface area contributed by atoms with Crippen molar-refractivity contribution in [1.29, 1.82) is 0 Å². The Balaban J connectivity index is 2.52. The molecule has 1 heterocycles. The van der Waals surface area contributed by atoms with Gasteiger partial charge in [-0.1, -0.05) is 34.6 Å². The first kappa shape index (κ1) is 11.0. The van der Waals surface area contributed by atoms with E-state index in [-0.39, 0.29) is 0 Å². The van der Waals surface area contributed by atoms with E-state index in [4.69, 9.17) is 0 Å². The zero-order valence-corrected chi connectivity index (χ0v) is 9.80. The average molecular weight is 183 g/mol. The van der Waals surface area contributed by atoms with Crippen molar-refractivity contribution in [3.8, 4) is 0 Å². The number of rotatable bonds is 2. The first-order chi connectivity index (χ1) is 6.00. The van der Waals surface area contributed by atoms with Gasteiger partial charge in [0, 0.05) is 12.1 Å². The lowest BCUT2D eigenvalue weighted by atomic mass is 9.81. The summed E-state index contributed by atoms with van der Waals surface area (Å²) in [5, 5.41) is 3.78. The van der Waals surface area contributed by atoms with Crippen LogP contribution in [-0.2, 0) is 0 Å². The maximum Gasteiger partial charge on any atom is 0.00953 e. The van der Waals surface area contributed by atoms with Crippen molar-refractivity contribution >= 4 is 0 Å². The van der Waals surface area contributed by atoms with Crippen LogP contribution in [0.4, 0.5) is 0 Å². The van der Waals surface area contributed by atoms with Crippen LogP contribution in [-0.4, -0.2) is 12.1 Å². The fraction of sp³-hybridized carbons (Fsp3) is 1.00. The van der Waals surface area contributed by atoms with Gasteiger partial charge in [-0.15, -0.1) is 0 Å². The van der Waals surface area contributed by atoms with Crippen LogP contribution in [0.2, 0.25) is 0 Å². The van der Waals surface area contributed by atoms with Gasteiger partial charge in [-0.2, -0.15) is 0 Å². The highest BCUT2D eigenvalue weighted by molar-refractivity contribution is 4.86. The van der Waals surface area contributed by atoms with Crippen LogP contribution in [0.25, 0.3) is 0 Å². The summed E-state index contributed by atoms with van der Waals surface area (Å²) in [6.45, 7) is 11.7. The van der Waals surface area contributed by atoms with E-state index in [2.05, 4.69) is 39.9 Å². The summed E-state index contributed by atoms with van der Waals surface area (Å²) in [7, 11) is 0. The number of hydrogen-bond acceptors (Lipinski definition) is 1. The SMILES string of the molecule is CC1CC(C(C)C)NC(C(C)C)C1. The Morgan fingerprint density at radius 3 is 1.62 bits per heavy atom. The molecular weight excluding hydrogens is 158 g/mol. The maximum absolute atomic E-state index is 3.78. The fourth-order valence-electron chi connectivity index (χ4n) is 2.30. The van der Waals surface area contributed by atoms with Gasteiger partial charge in [0.25, 0.3) is 0 Å². The van der Waals surface area contributed by atoms with Gasteiger partial charge in [-0.3, -0.25) is 0 Å². The van der Waals surface area contributed by atoms with Crippen LogP contribution in [0.1, 0.15) is 47.5 Å². The highest BCUT2D eigenvalue weighted by Crippen LogP contribution is 2.26. The lowest BCUT2D eigenvalue weighted by molar-refractivity contribution is 0.185. The summed E-state index contributed by atoms with van der Waals surface area (Å²) in [5.74, 6) is 2.47. The van der Waals surface area contributed by atoms with E-state index in [0.29, 0.717) is 0 Å². The van der Waals surface area contributed by atoms with Crippen LogP contribution in [0.5, 0.6) is 0 Å². The molecular formula is C12H25N. The molecule has 0 aliphatic carbocycles. The monoisotopic (exact) mass is 183 g/mol. The largest absolute Gasteiger partial charge is 0.311 e. The van der Waals surface area contributed by atoms with E-state index in [9.17, 15) is 0 Å². The smallest absolute Gasteiger partial charge is 0.00953 e. The van der Waals surface area contributed by atoms with Gasteiger partial charge in [0.1, 0.15) is 0 Å². The molecule has 0 spiro atoms. The predicted octanol–water partition coefficient (Wildman–Crippen LogP) is 3.06. The zero-order chi connectivity index (χ0) is 10.0. The highest BCUT2D eigenvalue weighted by Gasteiger charge is 2.28. The Kier molecular flexibility index (Phi) is 3.78. The normalized spacial score (nSPS) is 35.8. The van der Waals surface area contributed by atoms with Crippen molar-refractivity contribution in [2.75, 3.05) is 0 Å². The van der Waals surface area contributed by atoms with Gasteiger partial charge < -0.3 is 5.32 Å². The Bertz CT molecular complexity index is 135. The maximum atomic E-state index is 3.78. The van der Waals surface area contributed by atoms with Gasteiger partial charge in [0.15, 0.2) is 0 Å². The quantitative estimate of drug-likeness (QED) is 0.694. The molecule has 0 aromatic rings. The van der Waals surface area contributed by atoms with Crippen molar-refractivity contribution < 1.29 is 0 Å². The van der Waals surface area contributed by atoms with Crippen molar-refractivity contribution in [3.05, 3.63) is 0 Å². The first-order valence-electron chi connectivity index (χ1n) is 5.76. The molecule has 1 fully saturated rings. The van der Waals surface area contributed by atoms with Gasteiger partial charge in [-0.25, -0.2) is 0 Å². The highest BCUT2D eigenvalue weighted by atomic mass is 15.0. The third-order valence-electron chi connectivity index (χ3n) is 3.35. The molecule has 13 heavy (non-hydrogen) atoms. The molecule has 0 bridgehead atoms. The summed E-state index contributed by atoms with van der Waals surface area (Å²) < 4.78 is 0. The second-order valence-corrected chi connectivity index (χ2v) is 5.44. The Hall–Kier alpha value is -0.0400. The van der Waals surface area contributed by atoms with Gasteiger partial charge in [0.05, 0.1) is 0 Å². The number of piperidine rings is 1. The number of nitrogens with one attached hydrogen (secondary N) is 1. The Labute approximate surface area is 83.3 Å². The topological polar surface area (TPSA) is 12.0 Å². The van der Waals surface area contributed by atoms with E-state index in [1.807, 2.05) is 0 Å². The molecule has 0 amide bonds. The molecule has 0 aromatic heterocycles. The summed E-state index contributed by atoms with van der Waals surface area (Å²) in [5.41, 5.74) is 0. The van der Waals surface area contributed by atoms with E-state index in [1.54, 1.807) is 0 Å². The van der Waals surface area contributed by atoms with Gasteiger partial charge in [0.2, 0.25) is 0 Å². The second-order valence-electron chi connectivity index (χ2n) is 5.44. The fourth-order valence-corrected chi connectivity index (χ4v) is 2.30. The van der Waals surface area contributed by atoms with Crippen molar-refractivity contribution in [2.45, 2.75) is 59.5 Å². The first-order valence-corrected chi connectivity index (χ1v) is 5.76. The molecule has 1 N–H and O–H groups in total. The summed E-state index contributed by atoms with van der Waals surface area (Å²) in [6.07, 6.45) is 2.72. The second kappa shape index (κ2) is 4.45. The molecule has 78 valence electrons. The summed E-state index contributed by atoms with van der Waals surface area (Å²) in [4.78, 5) is 0. The van der Waals surface area contributed by atoms with E-state index >= 15 is 0 Å². The predicted molar refractivity (Wildman–Crippen MR) is 58.8 cm³/mol. The average Bonchev–Trinajstić information content (AvgIpc) is 2.03. The third kappa shape index (κ3) is 2.98. The van der Waals surface area contributed by atoms with E-state index < -0.39 is 0 Å². The lowest BCUT2D eigenvalue weighted by Crippen LogP contribution is -2.49. The molecule has 1 aliphatic rings. The van der Waals surface area contributed by atoms with Crippen LogP contribution < -0.4 is 5.32 Å². The van der Waals surface area contributed by atoms with Gasteiger partial charge >= 0.3 is 0 Å². The summed E-state index contributed by atoms with van der Waals surface area (Å²) in [6, 6.07) is 1.49. The van der Waals surface area contributed by atoms with Gasteiger partial charge in [-0.05, 0) is 30.6 Å². The molecule has 0 aromatic carbocycles. The summed E-state index contributed by atoms with van der Waals surface area (Å²) >= 11 is 0. The molecule has 1 aliphatic heterocycles. The molecule has 1 heteroatoms. The van der Waals surface area contributed by atoms with Crippen LogP contribution in [0.3, 0.4) is 0 Å². The minimum absolute atomic E-state index is 0.746. The molecule has 2 unspecified atom stereocenters. The lowest BCUT2D eigenvalue weighted by Gasteiger charge is -2.39. The Morgan fingerprint density at radius 2 is 1.31 bits per heavy atom. The third-order valence-corrected chi connectivity index (χ3v) is 3.35. The van der Waals surface area contributed by atoms with Crippen molar-refractivity contribution in [3.63, 3.8) is 0 Å². The van der Waals surface area contributed by atoms with Crippen molar-refractivity contribution in [1.82, 2.24) is 5.32 Å². The minimum atomic E-state index is 0.746. The molecule has 1 nitrogen and oxygen atoms in total. The molecule has 1 rings (SSSR count). The minimum Gasteiger partial charge on any atom is -0.311 e.